The van der Waals surface area contributed by atoms with Crippen LogP contribution in [-0.2, 0) is 12.3 Å². The Morgan fingerprint density at radius 3 is 1.15 bits per heavy atom. The summed E-state index contributed by atoms with van der Waals surface area (Å²) < 4.78 is 24.3. The minimum absolute atomic E-state index is 1.12. The summed E-state index contributed by atoms with van der Waals surface area (Å²) in [5, 5.41) is 23.8. The lowest BCUT2D eigenvalue weighted by atomic mass is 9.90. The van der Waals surface area contributed by atoms with Crippen LogP contribution < -0.4 is 20.7 Å². The van der Waals surface area contributed by atoms with Crippen LogP contribution in [0.1, 0.15) is 22.3 Å². The van der Waals surface area contributed by atoms with E-state index in [1.165, 1.54) is 97.5 Å². The zero-order chi connectivity index (χ0) is 44.3. The Morgan fingerprint density at radius 2 is 0.667 bits per heavy atom. The van der Waals surface area contributed by atoms with Gasteiger partial charge in [0.25, 0.3) is 10.0 Å². The van der Waals surface area contributed by atoms with E-state index in [0.717, 1.165) is 31.7 Å². The lowest BCUT2D eigenvalue weighted by Crippen LogP contribution is -2.79. The van der Waals surface area contributed by atoms with Gasteiger partial charge in [-0.2, -0.15) is 0 Å². The maximum Gasteiger partial charge on any atom is 0.391 e. The first-order chi connectivity index (χ1) is 32.3. The number of fused-ring (bicyclic) bond motifs is 8. The van der Waals surface area contributed by atoms with Crippen molar-refractivity contribution in [2.75, 3.05) is 0 Å². The summed E-state index contributed by atoms with van der Waals surface area (Å²) in [5.41, 5.74) is 5.09. The van der Waals surface area contributed by atoms with Crippen LogP contribution in [0.3, 0.4) is 0 Å². The van der Waals surface area contributed by atoms with Gasteiger partial charge >= 0.3 is 17.1 Å². The van der Waals surface area contributed by atoms with E-state index in [0.29, 0.717) is 0 Å². The molecule has 0 N–H and O–H groups in total. The Morgan fingerprint density at radius 1 is 0.303 bits per heavy atom. The Hall–Kier alpha value is -6.75. The Bertz CT molecular complexity index is 3910. The van der Waals surface area contributed by atoms with Crippen molar-refractivity contribution in [1.29, 1.82) is 0 Å². The standard InChI is InChI=1S/C60H46O3Si3/c1-37-38(2)59-40(4)51-26-12-11-22-50(51)36-55(59)60(39(37)3)66(58-29-15-25-49-32-43-18-7-10-21-46(43)35-54(49)58)62-64-61-65(63-66,56-27-13-23-47-30-41-16-5-8-19-44(41)33-52(47)56)57-28-14-24-48-31-42-17-6-9-20-45(42)34-53(48)57/h5-36H,64H2,1-4H3. The summed E-state index contributed by atoms with van der Waals surface area (Å²) in [5.74, 6) is 0. The van der Waals surface area contributed by atoms with E-state index in [4.69, 9.17) is 12.3 Å². The van der Waals surface area contributed by atoms with Gasteiger partial charge in [0.05, 0.1) is 0 Å². The zero-order valence-corrected chi connectivity index (χ0v) is 40.8. The van der Waals surface area contributed by atoms with Crippen LogP contribution in [0.5, 0.6) is 0 Å². The summed E-state index contributed by atoms with van der Waals surface area (Å²) >= 11 is 0. The molecule has 0 aliphatic carbocycles. The van der Waals surface area contributed by atoms with Gasteiger partial charge in [0.2, 0.25) is 0 Å². The van der Waals surface area contributed by atoms with Gasteiger partial charge in [-0.3, -0.25) is 0 Å². The number of hydrogen-bond donors (Lipinski definition) is 0. The van der Waals surface area contributed by atoms with Crippen LogP contribution in [0.25, 0.3) is 86.2 Å². The Kier molecular flexibility index (Phi) is 8.93. The number of hydrogen-bond acceptors (Lipinski definition) is 3. The van der Waals surface area contributed by atoms with Crippen molar-refractivity contribution >= 4 is 134 Å². The monoisotopic (exact) mass is 898 g/mol. The van der Waals surface area contributed by atoms with Crippen LogP contribution >= 0.6 is 0 Å². The second-order valence-corrected chi connectivity index (χ2v) is 26.3. The van der Waals surface area contributed by atoms with Gasteiger partial charge in [0, 0.05) is 20.7 Å². The lowest BCUT2D eigenvalue weighted by Gasteiger charge is -2.47. The van der Waals surface area contributed by atoms with Gasteiger partial charge in [-0.05, 0) is 179 Å². The molecule has 0 saturated carbocycles. The summed E-state index contributed by atoms with van der Waals surface area (Å²) in [4.78, 5) is 0. The molecule has 1 atom stereocenters. The molecule has 1 fully saturated rings. The van der Waals surface area contributed by atoms with Crippen molar-refractivity contribution in [2.24, 2.45) is 0 Å². The van der Waals surface area contributed by atoms with E-state index in [-0.39, 0.29) is 0 Å². The second kappa shape index (κ2) is 14.9. The maximum atomic E-state index is 8.77. The highest BCUT2D eigenvalue weighted by Crippen LogP contribution is 2.38. The fourth-order valence-corrected chi connectivity index (χ4v) is 25.4. The number of rotatable bonds is 4. The van der Waals surface area contributed by atoms with E-state index in [2.05, 4.69) is 222 Å². The molecule has 12 aromatic rings. The molecule has 316 valence electrons. The molecule has 66 heavy (non-hydrogen) atoms. The number of benzene rings is 12. The van der Waals surface area contributed by atoms with Gasteiger partial charge in [-0.15, -0.1) is 0 Å². The molecular weight excluding hydrogens is 853 g/mol. The van der Waals surface area contributed by atoms with Gasteiger partial charge < -0.3 is 12.3 Å². The largest absolute Gasteiger partial charge is 0.413 e. The van der Waals surface area contributed by atoms with E-state index < -0.39 is 27.1 Å². The quantitative estimate of drug-likeness (QED) is 0.130. The first-order valence-electron chi connectivity index (χ1n) is 23.0. The van der Waals surface area contributed by atoms with Gasteiger partial charge in [0.1, 0.15) is 0 Å². The fraction of sp³-hybridized carbons (Fsp3) is 0.0667. The molecule has 6 heteroatoms. The summed E-state index contributed by atoms with van der Waals surface area (Å²) in [6.45, 7) is 9.22. The second-order valence-electron chi connectivity index (χ2n) is 18.3. The molecule has 0 radical (unpaired) electrons. The summed E-state index contributed by atoms with van der Waals surface area (Å²) in [6, 6.07) is 71.8. The van der Waals surface area contributed by atoms with E-state index in [1.807, 2.05) is 0 Å². The van der Waals surface area contributed by atoms with Crippen molar-refractivity contribution < 1.29 is 12.3 Å². The zero-order valence-electron chi connectivity index (χ0n) is 37.4. The highest BCUT2D eigenvalue weighted by molar-refractivity contribution is 7.10. The van der Waals surface area contributed by atoms with Crippen molar-refractivity contribution in [3.05, 3.63) is 216 Å². The lowest BCUT2D eigenvalue weighted by molar-refractivity contribution is 0.293. The predicted molar refractivity (Wildman–Crippen MR) is 287 cm³/mol. The molecule has 0 spiro atoms. The maximum absolute atomic E-state index is 8.77. The minimum Gasteiger partial charge on any atom is -0.413 e. The van der Waals surface area contributed by atoms with E-state index >= 15 is 0 Å². The molecule has 0 amide bonds. The third kappa shape index (κ3) is 5.77. The Balaban J connectivity index is 1.22. The molecule has 1 aliphatic rings. The van der Waals surface area contributed by atoms with E-state index in [1.54, 1.807) is 0 Å². The molecule has 13 rings (SSSR count). The molecule has 0 bridgehead atoms. The highest BCUT2D eigenvalue weighted by Gasteiger charge is 2.60. The Labute approximate surface area is 388 Å². The SMILES string of the molecule is Cc1c(C)c(C)c2c(C)c3ccccc3cc2c1[Si]1(c2cccc3cc4ccccc4cc23)O[SiH2]O[Si](c2cccc3cc4ccccc4cc23)(c2cccc3cc4ccccc4cc23)O1. The van der Waals surface area contributed by atoms with Crippen LogP contribution in [0.2, 0.25) is 0 Å². The van der Waals surface area contributed by atoms with Gasteiger partial charge in [-0.25, -0.2) is 0 Å². The molecule has 1 unspecified atom stereocenters. The van der Waals surface area contributed by atoms with Crippen LogP contribution in [0, 0.1) is 27.7 Å². The first kappa shape index (κ1) is 39.6. The van der Waals surface area contributed by atoms with Crippen molar-refractivity contribution in [3.8, 4) is 0 Å². The van der Waals surface area contributed by atoms with Crippen LogP contribution in [-0.4, -0.2) is 27.1 Å². The smallest absolute Gasteiger partial charge is 0.391 e. The molecule has 3 nitrogen and oxygen atoms in total. The van der Waals surface area contributed by atoms with Gasteiger partial charge in [0.15, 0.2) is 0 Å². The fourth-order valence-electron chi connectivity index (χ4n) is 11.5. The molecule has 1 saturated heterocycles. The molecular formula is C60H46O3Si3. The average Bonchev–Trinajstić information content (AvgIpc) is 3.35. The van der Waals surface area contributed by atoms with Crippen LogP contribution in [0.15, 0.2) is 194 Å². The van der Waals surface area contributed by atoms with Crippen molar-refractivity contribution in [3.63, 3.8) is 0 Å². The van der Waals surface area contributed by atoms with Crippen molar-refractivity contribution in [2.45, 2.75) is 27.7 Å². The summed E-state index contributed by atoms with van der Waals surface area (Å²) in [6.07, 6.45) is 0. The predicted octanol–water partition coefficient (Wildman–Crippen LogP) is 12.0. The molecule has 1 aliphatic heterocycles. The molecule has 1 heterocycles. The number of aryl methyl sites for hydroxylation is 2. The third-order valence-electron chi connectivity index (χ3n) is 14.9. The highest BCUT2D eigenvalue weighted by atomic mass is 28.5. The minimum atomic E-state index is -3.84. The van der Waals surface area contributed by atoms with E-state index in [9.17, 15) is 0 Å². The topological polar surface area (TPSA) is 27.7 Å². The first-order valence-corrected chi connectivity index (χ1v) is 27.8. The van der Waals surface area contributed by atoms with Crippen LogP contribution in [0.4, 0.5) is 0 Å². The molecule has 0 aromatic heterocycles. The molecule has 12 aromatic carbocycles. The van der Waals surface area contributed by atoms with Gasteiger partial charge in [-0.1, -0.05) is 152 Å². The summed E-state index contributed by atoms with van der Waals surface area (Å²) in [7, 11) is -9.39. The average molecular weight is 899 g/mol. The normalized spacial score (nSPS) is 16.8. The van der Waals surface area contributed by atoms with Crippen molar-refractivity contribution in [1.82, 2.24) is 0 Å². The third-order valence-corrected chi connectivity index (χ3v) is 26.1.